The van der Waals surface area contributed by atoms with Crippen LogP contribution in [0.4, 0.5) is 23.2 Å². The number of alkyl halides is 3. The van der Waals surface area contributed by atoms with Crippen molar-refractivity contribution < 1.29 is 17.6 Å². The van der Waals surface area contributed by atoms with Gasteiger partial charge in [-0.1, -0.05) is 0 Å². The van der Waals surface area contributed by atoms with Crippen LogP contribution in [0.5, 0.6) is 0 Å². The Hall–Kier alpha value is -2.19. The molecule has 0 saturated carbocycles. The molecule has 0 aliphatic rings. The second-order valence-electron chi connectivity index (χ2n) is 4.35. The van der Waals surface area contributed by atoms with Gasteiger partial charge >= 0.3 is 6.18 Å². The molecule has 2 rings (SSSR count). The Balaban J connectivity index is 2.35. The zero-order valence-corrected chi connectivity index (χ0v) is 10.4. The molecule has 2 N–H and O–H groups in total. The molecule has 0 aliphatic heterocycles. The van der Waals surface area contributed by atoms with Gasteiger partial charge in [0, 0.05) is 5.56 Å². The largest absolute Gasteiger partial charge is 0.396 e. The van der Waals surface area contributed by atoms with Crippen LogP contribution in [0.1, 0.15) is 19.4 Å². The number of halogens is 4. The first-order chi connectivity index (χ1) is 9.28. The number of aromatic nitrogens is 4. The highest BCUT2D eigenvalue weighted by molar-refractivity contribution is 5.61. The van der Waals surface area contributed by atoms with Crippen molar-refractivity contribution >= 4 is 5.69 Å². The summed E-state index contributed by atoms with van der Waals surface area (Å²) in [5.41, 5.74) is 5.65. The van der Waals surface area contributed by atoms with Gasteiger partial charge in [0.05, 0.1) is 18.2 Å². The number of anilines is 1. The molecule has 1 heterocycles. The first kappa shape index (κ1) is 14.2. The molecule has 108 valence electrons. The topological polar surface area (TPSA) is 69.6 Å². The lowest BCUT2D eigenvalue weighted by Gasteiger charge is -2.15. The Labute approximate surface area is 111 Å². The smallest absolute Gasteiger partial charge is 0.391 e. The minimum atomic E-state index is -4.33. The summed E-state index contributed by atoms with van der Waals surface area (Å²) < 4.78 is 51.3. The van der Waals surface area contributed by atoms with Gasteiger partial charge in [-0.05, 0) is 35.5 Å². The van der Waals surface area contributed by atoms with Crippen LogP contribution in [-0.2, 0) is 0 Å². The van der Waals surface area contributed by atoms with E-state index in [1.807, 2.05) is 0 Å². The Bertz CT molecular complexity index is 607. The van der Waals surface area contributed by atoms with E-state index in [9.17, 15) is 17.6 Å². The average Bonchev–Trinajstić information content (AvgIpc) is 2.79. The van der Waals surface area contributed by atoms with Gasteiger partial charge in [0.25, 0.3) is 0 Å². The fourth-order valence-electron chi connectivity index (χ4n) is 1.78. The Kier molecular flexibility index (Phi) is 3.60. The summed E-state index contributed by atoms with van der Waals surface area (Å²) in [4.78, 5) is 0. The van der Waals surface area contributed by atoms with E-state index in [1.54, 1.807) is 0 Å². The molecule has 1 unspecified atom stereocenters. The van der Waals surface area contributed by atoms with E-state index in [0.717, 1.165) is 10.7 Å². The number of nitrogens with zero attached hydrogens (tertiary/aromatic N) is 4. The van der Waals surface area contributed by atoms with Gasteiger partial charge in [0.15, 0.2) is 5.82 Å². The maximum atomic E-state index is 13.1. The normalized spacial score (nSPS) is 13.4. The minimum Gasteiger partial charge on any atom is -0.396 e. The summed E-state index contributed by atoms with van der Waals surface area (Å²) in [5, 5.41) is 10.6. The highest BCUT2D eigenvalue weighted by Crippen LogP contribution is 2.30. The SMILES string of the molecule is CC(CC(F)(F)F)n1nnnc1-c1ccc(F)c(N)c1. The molecule has 20 heavy (non-hydrogen) atoms. The molecule has 1 aromatic carbocycles. The molecule has 0 aliphatic carbocycles. The van der Waals surface area contributed by atoms with E-state index < -0.39 is 24.5 Å². The van der Waals surface area contributed by atoms with Crippen LogP contribution in [0.3, 0.4) is 0 Å². The van der Waals surface area contributed by atoms with E-state index >= 15 is 0 Å². The van der Waals surface area contributed by atoms with Gasteiger partial charge < -0.3 is 5.73 Å². The molecule has 0 amide bonds. The lowest BCUT2D eigenvalue weighted by molar-refractivity contribution is -0.142. The molecule has 9 heteroatoms. The number of tetrazole rings is 1. The summed E-state index contributed by atoms with van der Waals surface area (Å²) in [6.45, 7) is 1.35. The van der Waals surface area contributed by atoms with Crippen molar-refractivity contribution in [2.24, 2.45) is 0 Å². The maximum absolute atomic E-state index is 13.1. The van der Waals surface area contributed by atoms with Crippen molar-refractivity contribution in [3.8, 4) is 11.4 Å². The van der Waals surface area contributed by atoms with Gasteiger partial charge in [-0.15, -0.1) is 5.10 Å². The zero-order chi connectivity index (χ0) is 14.9. The number of benzene rings is 1. The van der Waals surface area contributed by atoms with Crippen LogP contribution in [0, 0.1) is 5.82 Å². The molecule has 1 aromatic heterocycles. The number of rotatable bonds is 3. The molecule has 1 atom stereocenters. The van der Waals surface area contributed by atoms with E-state index in [1.165, 1.54) is 19.1 Å². The van der Waals surface area contributed by atoms with Crippen molar-refractivity contribution in [2.75, 3.05) is 5.73 Å². The summed E-state index contributed by atoms with van der Waals surface area (Å²) in [5.74, 6) is -0.510. The van der Waals surface area contributed by atoms with Crippen molar-refractivity contribution in [3.05, 3.63) is 24.0 Å². The van der Waals surface area contributed by atoms with Gasteiger partial charge in [-0.3, -0.25) is 0 Å². The minimum absolute atomic E-state index is 0.105. The van der Waals surface area contributed by atoms with Crippen molar-refractivity contribution in [1.82, 2.24) is 20.2 Å². The molecule has 0 saturated heterocycles. The third-order valence-corrected chi connectivity index (χ3v) is 2.69. The van der Waals surface area contributed by atoms with Crippen molar-refractivity contribution in [3.63, 3.8) is 0 Å². The highest BCUT2D eigenvalue weighted by Gasteiger charge is 2.32. The fraction of sp³-hybridized carbons (Fsp3) is 0.364. The number of hydrogen-bond donors (Lipinski definition) is 1. The van der Waals surface area contributed by atoms with Crippen LogP contribution in [0.15, 0.2) is 18.2 Å². The van der Waals surface area contributed by atoms with Gasteiger partial charge in [0.1, 0.15) is 5.82 Å². The first-order valence-electron chi connectivity index (χ1n) is 5.68. The van der Waals surface area contributed by atoms with Gasteiger partial charge in [-0.2, -0.15) is 13.2 Å². The van der Waals surface area contributed by atoms with E-state index in [4.69, 9.17) is 5.73 Å². The molecule has 5 nitrogen and oxygen atoms in total. The summed E-state index contributed by atoms with van der Waals surface area (Å²) in [7, 11) is 0. The van der Waals surface area contributed by atoms with E-state index in [-0.39, 0.29) is 11.5 Å². The van der Waals surface area contributed by atoms with Gasteiger partial charge in [-0.25, -0.2) is 9.07 Å². The molecule has 0 spiro atoms. The van der Waals surface area contributed by atoms with Crippen LogP contribution in [0.2, 0.25) is 0 Å². The second kappa shape index (κ2) is 5.06. The van der Waals surface area contributed by atoms with Gasteiger partial charge in [0.2, 0.25) is 0 Å². The highest BCUT2D eigenvalue weighted by atomic mass is 19.4. The predicted molar refractivity (Wildman–Crippen MR) is 63.0 cm³/mol. The third kappa shape index (κ3) is 3.03. The lowest BCUT2D eigenvalue weighted by atomic mass is 10.1. The zero-order valence-electron chi connectivity index (χ0n) is 10.4. The molecule has 0 radical (unpaired) electrons. The van der Waals surface area contributed by atoms with E-state index in [0.29, 0.717) is 5.56 Å². The monoisotopic (exact) mass is 289 g/mol. The lowest BCUT2D eigenvalue weighted by Crippen LogP contribution is -2.18. The standard InChI is InChI=1S/C11H11F4N5/c1-6(5-11(13,14)15)20-10(17-18-19-20)7-2-3-8(12)9(16)4-7/h2-4,6H,5,16H2,1H3. The van der Waals surface area contributed by atoms with Crippen LogP contribution < -0.4 is 5.73 Å². The summed E-state index contributed by atoms with van der Waals surface area (Å²) in [6, 6.07) is 2.76. The average molecular weight is 289 g/mol. The second-order valence-corrected chi connectivity index (χ2v) is 4.35. The van der Waals surface area contributed by atoms with Crippen LogP contribution in [0.25, 0.3) is 11.4 Å². The summed E-state index contributed by atoms with van der Waals surface area (Å²) in [6.07, 6.45) is -5.40. The quantitative estimate of drug-likeness (QED) is 0.696. The van der Waals surface area contributed by atoms with Crippen LogP contribution in [-0.4, -0.2) is 26.4 Å². The Morgan fingerprint density at radius 1 is 1.35 bits per heavy atom. The number of nitrogens with two attached hydrogens (primary N) is 1. The molecular formula is C11H11F4N5. The van der Waals surface area contributed by atoms with Crippen molar-refractivity contribution in [1.29, 1.82) is 0 Å². The van der Waals surface area contributed by atoms with Crippen molar-refractivity contribution in [2.45, 2.75) is 25.6 Å². The van der Waals surface area contributed by atoms with E-state index in [2.05, 4.69) is 15.5 Å². The molecule has 2 aromatic rings. The fourth-order valence-corrected chi connectivity index (χ4v) is 1.78. The third-order valence-electron chi connectivity index (χ3n) is 2.69. The predicted octanol–water partition coefficient (Wildman–Crippen LogP) is 2.57. The number of nitrogen functional groups attached to an aromatic ring is 1. The Morgan fingerprint density at radius 3 is 2.65 bits per heavy atom. The van der Waals surface area contributed by atoms with Crippen LogP contribution >= 0.6 is 0 Å². The summed E-state index contributed by atoms with van der Waals surface area (Å²) >= 11 is 0. The first-order valence-corrected chi connectivity index (χ1v) is 5.68. The molecular weight excluding hydrogens is 278 g/mol. The Morgan fingerprint density at radius 2 is 2.05 bits per heavy atom. The maximum Gasteiger partial charge on any atom is 0.391 e. The number of hydrogen-bond acceptors (Lipinski definition) is 4. The molecule has 0 bridgehead atoms. The molecule has 0 fully saturated rings.